The van der Waals surface area contributed by atoms with Gasteiger partial charge in [0, 0.05) is 30.6 Å². The summed E-state index contributed by atoms with van der Waals surface area (Å²) in [5.74, 6) is -0.411. The number of carbonyl (C=O) groups is 1. The summed E-state index contributed by atoms with van der Waals surface area (Å²) in [5, 5.41) is 3.89. The topological polar surface area (TPSA) is 49.6 Å². The molecule has 2 aromatic rings. The number of amides is 1. The van der Waals surface area contributed by atoms with E-state index >= 15 is 0 Å². The molecule has 5 heterocycles. The van der Waals surface area contributed by atoms with Crippen molar-refractivity contribution in [2.75, 3.05) is 19.6 Å². The third-order valence-electron chi connectivity index (χ3n) is 6.42. The molecule has 1 amide bonds. The predicted molar refractivity (Wildman–Crippen MR) is 93.2 cm³/mol. The SMILES string of the molecule is Cc1cc(C(=O)N2C[C@@H](c3cc(F)cc(F)c3)[C@@H]3[C@H]2C2CCN3CC2)no1. The van der Waals surface area contributed by atoms with Crippen molar-refractivity contribution in [1.29, 1.82) is 0 Å². The van der Waals surface area contributed by atoms with E-state index in [0.29, 0.717) is 29.5 Å². The van der Waals surface area contributed by atoms with Crippen molar-refractivity contribution in [3.63, 3.8) is 0 Å². The molecule has 0 spiro atoms. The molecule has 27 heavy (non-hydrogen) atoms. The van der Waals surface area contributed by atoms with Gasteiger partial charge in [-0.05, 0) is 56.5 Å². The summed E-state index contributed by atoms with van der Waals surface area (Å²) in [6, 6.07) is 5.49. The quantitative estimate of drug-likeness (QED) is 0.812. The molecule has 1 aromatic carbocycles. The average Bonchev–Trinajstić information content (AvgIpc) is 3.26. The van der Waals surface area contributed by atoms with Crippen LogP contribution in [0.25, 0.3) is 0 Å². The fraction of sp³-hybridized carbons (Fsp3) is 0.500. The number of likely N-dealkylation sites (tertiary alicyclic amines) is 1. The molecule has 4 aliphatic heterocycles. The van der Waals surface area contributed by atoms with Gasteiger partial charge in [0.2, 0.25) is 0 Å². The first-order chi connectivity index (χ1) is 13.0. The Morgan fingerprint density at radius 3 is 2.44 bits per heavy atom. The fourth-order valence-electron chi connectivity index (χ4n) is 5.35. The van der Waals surface area contributed by atoms with Crippen LogP contribution in [0.3, 0.4) is 0 Å². The number of hydrogen-bond donors (Lipinski definition) is 0. The molecular weight excluding hydrogens is 352 g/mol. The third kappa shape index (κ3) is 2.67. The number of rotatable bonds is 2. The van der Waals surface area contributed by atoms with Crippen LogP contribution in [0.4, 0.5) is 8.78 Å². The van der Waals surface area contributed by atoms with E-state index in [4.69, 9.17) is 4.52 Å². The van der Waals surface area contributed by atoms with Gasteiger partial charge in [0.1, 0.15) is 17.4 Å². The maximum atomic E-state index is 13.9. The van der Waals surface area contributed by atoms with E-state index in [-0.39, 0.29) is 23.9 Å². The lowest BCUT2D eigenvalue weighted by Crippen LogP contribution is -2.60. The number of aryl methyl sites for hydroxylation is 1. The molecule has 1 aromatic heterocycles. The Kier molecular flexibility index (Phi) is 3.82. The van der Waals surface area contributed by atoms with E-state index in [9.17, 15) is 13.6 Å². The minimum Gasteiger partial charge on any atom is -0.361 e. The van der Waals surface area contributed by atoms with Gasteiger partial charge in [0.25, 0.3) is 5.91 Å². The van der Waals surface area contributed by atoms with Crippen LogP contribution in [0, 0.1) is 24.5 Å². The van der Waals surface area contributed by atoms with E-state index in [0.717, 1.165) is 32.0 Å². The van der Waals surface area contributed by atoms with E-state index in [2.05, 4.69) is 10.1 Å². The summed E-state index contributed by atoms with van der Waals surface area (Å²) in [5.41, 5.74) is 0.926. The van der Waals surface area contributed by atoms with Crippen LogP contribution in [0.5, 0.6) is 0 Å². The van der Waals surface area contributed by atoms with Gasteiger partial charge in [0.15, 0.2) is 5.69 Å². The number of halogens is 2. The molecule has 4 aliphatic rings. The summed E-state index contributed by atoms with van der Waals surface area (Å²) in [4.78, 5) is 17.4. The normalized spacial score (nSPS) is 32.0. The molecule has 0 saturated carbocycles. The van der Waals surface area contributed by atoms with E-state index < -0.39 is 11.6 Å². The fourth-order valence-corrected chi connectivity index (χ4v) is 5.35. The predicted octanol–water partition coefficient (Wildman–Crippen LogP) is 2.96. The average molecular weight is 373 g/mol. The number of benzene rings is 1. The molecule has 3 atom stereocenters. The molecule has 7 heteroatoms. The Labute approximate surface area is 155 Å². The zero-order chi connectivity index (χ0) is 18.7. The second-order valence-corrected chi connectivity index (χ2v) is 7.94. The van der Waals surface area contributed by atoms with Crippen LogP contribution < -0.4 is 0 Å². The van der Waals surface area contributed by atoms with Crippen LogP contribution in [-0.2, 0) is 0 Å². The van der Waals surface area contributed by atoms with Crippen molar-refractivity contribution >= 4 is 5.91 Å². The number of fused-ring (bicyclic) bond motifs is 2. The molecule has 5 nitrogen and oxygen atoms in total. The highest BCUT2D eigenvalue weighted by Gasteiger charge is 2.55. The van der Waals surface area contributed by atoms with Gasteiger partial charge in [-0.2, -0.15) is 0 Å². The van der Waals surface area contributed by atoms with Gasteiger partial charge >= 0.3 is 0 Å². The Bertz CT molecular complexity index is 871. The van der Waals surface area contributed by atoms with Crippen molar-refractivity contribution in [3.8, 4) is 0 Å². The number of aromatic nitrogens is 1. The molecule has 0 unspecified atom stereocenters. The van der Waals surface area contributed by atoms with Gasteiger partial charge in [-0.3, -0.25) is 9.69 Å². The van der Waals surface area contributed by atoms with Gasteiger partial charge in [0.05, 0.1) is 6.04 Å². The summed E-state index contributed by atoms with van der Waals surface area (Å²) < 4.78 is 32.8. The maximum absolute atomic E-state index is 13.9. The third-order valence-corrected chi connectivity index (χ3v) is 6.42. The highest BCUT2D eigenvalue weighted by atomic mass is 19.1. The second-order valence-electron chi connectivity index (χ2n) is 7.94. The first-order valence-electron chi connectivity index (χ1n) is 9.45. The summed E-state index contributed by atoms with van der Waals surface area (Å²) in [6.45, 7) is 4.15. The minimum atomic E-state index is -0.575. The lowest BCUT2D eigenvalue weighted by molar-refractivity contribution is -0.00371. The summed E-state index contributed by atoms with van der Waals surface area (Å²) in [6.07, 6.45) is 2.10. The van der Waals surface area contributed by atoms with E-state index in [1.807, 2.05) is 4.90 Å². The van der Waals surface area contributed by atoms with Crippen molar-refractivity contribution in [2.45, 2.75) is 37.8 Å². The van der Waals surface area contributed by atoms with Crippen molar-refractivity contribution < 1.29 is 18.1 Å². The highest BCUT2D eigenvalue weighted by molar-refractivity contribution is 5.93. The van der Waals surface area contributed by atoms with Gasteiger partial charge in [-0.25, -0.2) is 8.78 Å². The molecule has 4 fully saturated rings. The molecule has 0 N–H and O–H groups in total. The Morgan fingerprint density at radius 2 is 1.81 bits per heavy atom. The highest BCUT2D eigenvalue weighted by Crippen LogP contribution is 2.47. The molecule has 0 radical (unpaired) electrons. The lowest BCUT2D eigenvalue weighted by Gasteiger charge is -2.51. The van der Waals surface area contributed by atoms with Crippen LogP contribution >= 0.6 is 0 Å². The van der Waals surface area contributed by atoms with Crippen molar-refractivity contribution in [3.05, 3.63) is 52.9 Å². The van der Waals surface area contributed by atoms with Gasteiger partial charge in [-0.1, -0.05) is 5.16 Å². The molecule has 2 bridgehead atoms. The van der Waals surface area contributed by atoms with Crippen LogP contribution in [0.2, 0.25) is 0 Å². The monoisotopic (exact) mass is 373 g/mol. The van der Waals surface area contributed by atoms with Gasteiger partial charge < -0.3 is 9.42 Å². The maximum Gasteiger partial charge on any atom is 0.276 e. The number of hydrogen-bond acceptors (Lipinski definition) is 4. The number of nitrogens with zero attached hydrogens (tertiary/aromatic N) is 3. The number of piperidine rings is 3. The largest absolute Gasteiger partial charge is 0.361 e. The smallest absolute Gasteiger partial charge is 0.276 e. The standard InChI is InChI=1S/C20H21F2N3O2/c1-11-6-17(23-27-11)20(26)25-10-16(13-7-14(21)9-15(22)8-13)19-18(25)12-2-4-24(19)5-3-12/h6-9,12,16,18-19H,2-5,10H2,1H3/t16-,18+,19+/m0/s1. The molecular formula is C20H21F2N3O2. The van der Waals surface area contributed by atoms with Crippen LogP contribution in [-0.4, -0.2) is 52.6 Å². The molecule has 4 saturated heterocycles. The second kappa shape index (κ2) is 6.12. The van der Waals surface area contributed by atoms with Gasteiger partial charge in [-0.15, -0.1) is 0 Å². The minimum absolute atomic E-state index is 0.0494. The summed E-state index contributed by atoms with van der Waals surface area (Å²) in [7, 11) is 0. The zero-order valence-corrected chi connectivity index (χ0v) is 15.1. The number of carbonyl (C=O) groups excluding carboxylic acids is 1. The molecule has 0 aliphatic carbocycles. The first-order valence-corrected chi connectivity index (χ1v) is 9.45. The Morgan fingerprint density at radius 1 is 1.11 bits per heavy atom. The zero-order valence-electron chi connectivity index (χ0n) is 15.1. The molecule has 142 valence electrons. The van der Waals surface area contributed by atoms with Crippen LogP contribution in [0.15, 0.2) is 28.8 Å². The van der Waals surface area contributed by atoms with Crippen molar-refractivity contribution in [2.24, 2.45) is 5.92 Å². The van der Waals surface area contributed by atoms with E-state index in [1.165, 1.54) is 12.1 Å². The van der Waals surface area contributed by atoms with Crippen molar-refractivity contribution in [1.82, 2.24) is 15.0 Å². The first kappa shape index (κ1) is 16.9. The Hall–Kier alpha value is -2.28. The van der Waals surface area contributed by atoms with Crippen LogP contribution in [0.1, 0.15) is 40.6 Å². The lowest BCUT2D eigenvalue weighted by atomic mass is 9.75. The molecule has 6 rings (SSSR count). The summed E-state index contributed by atoms with van der Waals surface area (Å²) >= 11 is 0. The Balaban J connectivity index is 1.54. The van der Waals surface area contributed by atoms with E-state index in [1.54, 1.807) is 13.0 Å².